The highest BCUT2D eigenvalue weighted by atomic mass is 16.2. The quantitative estimate of drug-likeness (QED) is 0.740. The van der Waals surface area contributed by atoms with E-state index in [0.29, 0.717) is 12.2 Å². The molecule has 1 aromatic heterocycles. The molecule has 1 aliphatic heterocycles. The highest BCUT2D eigenvalue weighted by Crippen LogP contribution is 2.31. The average molecular weight is 332 g/mol. The summed E-state index contributed by atoms with van der Waals surface area (Å²) in [6.45, 7) is 3.38. The Morgan fingerprint density at radius 1 is 1.12 bits per heavy atom. The van der Waals surface area contributed by atoms with Crippen LogP contribution in [0.3, 0.4) is 0 Å². The van der Waals surface area contributed by atoms with E-state index in [1.165, 1.54) is 5.56 Å². The number of benzene rings is 2. The van der Waals surface area contributed by atoms with Crippen LogP contribution >= 0.6 is 0 Å². The number of rotatable bonds is 3. The molecule has 4 rings (SSSR count). The standard InChI is InChI=1S/C20H20N4O/c1-15-7-5-10-17-11-6-12-24(19(15)17)20(25)18-14-23(22-21-18)13-16-8-3-2-4-9-16/h2-5,7-10,14H,6,11-13H2,1H3. The third kappa shape index (κ3) is 3.05. The van der Waals surface area contributed by atoms with Gasteiger partial charge in [-0.2, -0.15) is 0 Å². The van der Waals surface area contributed by atoms with Crippen LogP contribution in [0.2, 0.25) is 0 Å². The van der Waals surface area contributed by atoms with Gasteiger partial charge in [-0.05, 0) is 36.5 Å². The van der Waals surface area contributed by atoms with Crippen LogP contribution in [0.4, 0.5) is 5.69 Å². The molecule has 1 amide bonds. The van der Waals surface area contributed by atoms with E-state index in [1.54, 1.807) is 10.9 Å². The highest BCUT2D eigenvalue weighted by molar-refractivity contribution is 6.05. The Morgan fingerprint density at radius 2 is 1.96 bits per heavy atom. The molecule has 0 N–H and O–H groups in total. The first-order valence-electron chi connectivity index (χ1n) is 8.57. The van der Waals surface area contributed by atoms with E-state index >= 15 is 0 Å². The Hall–Kier alpha value is -2.95. The molecule has 0 fully saturated rings. The molecule has 0 unspecified atom stereocenters. The number of carbonyl (C=O) groups excluding carboxylic acids is 1. The van der Waals surface area contributed by atoms with Crippen molar-refractivity contribution < 1.29 is 4.79 Å². The fourth-order valence-electron chi connectivity index (χ4n) is 3.43. The number of aromatic nitrogens is 3. The molecule has 0 bridgehead atoms. The highest BCUT2D eigenvalue weighted by Gasteiger charge is 2.26. The van der Waals surface area contributed by atoms with Gasteiger partial charge in [0.05, 0.1) is 18.4 Å². The molecule has 0 atom stereocenters. The summed E-state index contributed by atoms with van der Waals surface area (Å²) in [4.78, 5) is 14.8. The van der Waals surface area contributed by atoms with Crippen molar-refractivity contribution in [2.24, 2.45) is 0 Å². The molecule has 0 saturated carbocycles. The first kappa shape index (κ1) is 15.6. The summed E-state index contributed by atoms with van der Waals surface area (Å²) >= 11 is 0. The maximum atomic E-state index is 13.0. The molecular weight excluding hydrogens is 312 g/mol. The summed E-state index contributed by atoms with van der Waals surface area (Å²) in [5.74, 6) is -0.0745. The van der Waals surface area contributed by atoms with Crippen LogP contribution < -0.4 is 4.90 Å². The van der Waals surface area contributed by atoms with Gasteiger partial charge < -0.3 is 4.90 Å². The van der Waals surface area contributed by atoms with Crippen LogP contribution in [-0.2, 0) is 13.0 Å². The Balaban J connectivity index is 1.59. The summed E-state index contributed by atoms with van der Waals surface area (Å²) in [5, 5.41) is 8.24. The second-order valence-corrected chi connectivity index (χ2v) is 6.43. The minimum atomic E-state index is -0.0745. The molecule has 0 radical (unpaired) electrons. The van der Waals surface area contributed by atoms with E-state index in [9.17, 15) is 4.79 Å². The minimum Gasteiger partial charge on any atom is -0.306 e. The summed E-state index contributed by atoms with van der Waals surface area (Å²) < 4.78 is 1.71. The van der Waals surface area contributed by atoms with Crippen molar-refractivity contribution in [2.75, 3.05) is 11.4 Å². The van der Waals surface area contributed by atoms with Crippen molar-refractivity contribution in [3.63, 3.8) is 0 Å². The summed E-state index contributed by atoms with van der Waals surface area (Å²) in [5.41, 5.74) is 4.92. The molecule has 5 nitrogen and oxygen atoms in total. The number of aryl methyl sites for hydroxylation is 2. The molecular formula is C20H20N4O. The molecule has 0 aliphatic carbocycles. The van der Waals surface area contributed by atoms with Gasteiger partial charge in [0.25, 0.3) is 5.91 Å². The SMILES string of the molecule is Cc1cccc2c1N(C(=O)c1cn(Cc3ccccc3)nn1)CCC2. The number of fused-ring (bicyclic) bond motifs is 1. The monoisotopic (exact) mass is 332 g/mol. The van der Waals surface area contributed by atoms with E-state index in [1.807, 2.05) is 35.2 Å². The topological polar surface area (TPSA) is 51.0 Å². The van der Waals surface area contributed by atoms with Gasteiger partial charge in [0, 0.05) is 6.54 Å². The number of carbonyl (C=O) groups is 1. The van der Waals surface area contributed by atoms with Crippen molar-refractivity contribution in [1.82, 2.24) is 15.0 Å². The number of para-hydroxylation sites is 1. The van der Waals surface area contributed by atoms with Gasteiger partial charge in [-0.3, -0.25) is 4.79 Å². The molecule has 0 spiro atoms. The summed E-state index contributed by atoms with van der Waals surface area (Å²) in [6.07, 6.45) is 3.73. The van der Waals surface area contributed by atoms with E-state index in [4.69, 9.17) is 0 Å². The molecule has 2 heterocycles. The van der Waals surface area contributed by atoms with Crippen molar-refractivity contribution in [2.45, 2.75) is 26.3 Å². The van der Waals surface area contributed by atoms with Crippen molar-refractivity contribution in [1.29, 1.82) is 0 Å². The van der Waals surface area contributed by atoms with Crippen LogP contribution in [0.5, 0.6) is 0 Å². The van der Waals surface area contributed by atoms with Crippen molar-refractivity contribution >= 4 is 11.6 Å². The zero-order valence-corrected chi connectivity index (χ0v) is 14.2. The lowest BCUT2D eigenvalue weighted by Gasteiger charge is -2.30. The predicted molar refractivity (Wildman–Crippen MR) is 96.7 cm³/mol. The van der Waals surface area contributed by atoms with Gasteiger partial charge in [-0.15, -0.1) is 5.10 Å². The Labute approximate surface area is 146 Å². The fourth-order valence-corrected chi connectivity index (χ4v) is 3.43. The number of amides is 1. The average Bonchev–Trinajstić information content (AvgIpc) is 3.10. The van der Waals surface area contributed by atoms with Crippen LogP contribution in [-0.4, -0.2) is 27.4 Å². The number of hydrogen-bond acceptors (Lipinski definition) is 3. The molecule has 126 valence electrons. The Morgan fingerprint density at radius 3 is 2.80 bits per heavy atom. The maximum absolute atomic E-state index is 13.0. The third-order valence-corrected chi connectivity index (χ3v) is 4.61. The summed E-state index contributed by atoms with van der Waals surface area (Å²) in [7, 11) is 0. The minimum absolute atomic E-state index is 0.0745. The van der Waals surface area contributed by atoms with Crippen LogP contribution in [0, 0.1) is 6.92 Å². The second-order valence-electron chi connectivity index (χ2n) is 6.43. The molecule has 25 heavy (non-hydrogen) atoms. The molecule has 3 aromatic rings. The fraction of sp³-hybridized carbons (Fsp3) is 0.250. The molecule has 5 heteroatoms. The normalized spacial score (nSPS) is 13.6. The molecule has 0 saturated heterocycles. The van der Waals surface area contributed by atoms with E-state index in [0.717, 1.165) is 36.2 Å². The molecule has 1 aliphatic rings. The first-order chi connectivity index (χ1) is 12.2. The zero-order valence-electron chi connectivity index (χ0n) is 14.2. The van der Waals surface area contributed by atoms with Crippen molar-refractivity contribution in [3.05, 3.63) is 77.1 Å². The van der Waals surface area contributed by atoms with Gasteiger partial charge in [0.2, 0.25) is 0 Å². The largest absolute Gasteiger partial charge is 0.306 e. The van der Waals surface area contributed by atoms with Gasteiger partial charge in [-0.25, -0.2) is 4.68 Å². The smallest absolute Gasteiger partial charge is 0.280 e. The van der Waals surface area contributed by atoms with Gasteiger partial charge in [0.15, 0.2) is 5.69 Å². The predicted octanol–water partition coefficient (Wildman–Crippen LogP) is 3.23. The van der Waals surface area contributed by atoms with E-state index < -0.39 is 0 Å². The lowest BCUT2D eigenvalue weighted by molar-refractivity contribution is 0.0980. The second kappa shape index (κ2) is 6.51. The number of anilines is 1. The van der Waals surface area contributed by atoms with Crippen molar-refractivity contribution in [3.8, 4) is 0 Å². The first-order valence-corrected chi connectivity index (χ1v) is 8.57. The zero-order chi connectivity index (χ0) is 17.2. The number of nitrogens with zero attached hydrogens (tertiary/aromatic N) is 4. The third-order valence-electron chi connectivity index (χ3n) is 4.61. The lowest BCUT2D eigenvalue weighted by Crippen LogP contribution is -2.36. The Kier molecular flexibility index (Phi) is 4.06. The van der Waals surface area contributed by atoms with Crippen LogP contribution in [0.15, 0.2) is 54.7 Å². The Bertz CT molecular complexity index is 901. The van der Waals surface area contributed by atoms with Gasteiger partial charge in [0.1, 0.15) is 0 Å². The lowest BCUT2D eigenvalue weighted by atomic mass is 9.98. The molecule has 2 aromatic carbocycles. The number of hydrogen-bond donors (Lipinski definition) is 0. The van der Waals surface area contributed by atoms with Gasteiger partial charge in [-0.1, -0.05) is 53.7 Å². The van der Waals surface area contributed by atoms with Crippen LogP contribution in [0.25, 0.3) is 0 Å². The maximum Gasteiger partial charge on any atom is 0.280 e. The van der Waals surface area contributed by atoms with Gasteiger partial charge >= 0.3 is 0 Å². The van der Waals surface area contributed by atoms with E-state index in [-0.39, 0.29) is 5.91 Å². The summed E-state index contributed by atoms with van der Waals surface area (Å²) in [6, 6.07) is 16.2. The van der Waals surface area contributed by atoms with Crippen LogP contribution in [0.1, 0.15) is 33.6 Å². The van der Waals surface area contributed by atoms with E-state index in [2.05, 4.69) is 35.4 Å².